The normalized spacial score (nSPS) is 15.6. The monoisotopic (exact) mass is 254 g/mol. The number of rotatable bonds is 3. The van der Waals surface area contributed by atoms with Crippen LogP contribution in [0.15, 0.2) is 34.3 Å². The predicted octanol–water partition coefficient (Wildman–Crippen LogP) is 0.352. The lowest BCUT2D eigenvalue weighted by Gasteiger charge is -2.01. The summed E-state index contributed by atoms with van der Waals surface area (Å²) in [6.45, 7) is 0. The fourth-order valence-corrected chi connectivity index (χ4v) is 2.00. The van der Waals surface area contributed by atoms with E-state index in [9.17, 15) is 13.2 Å². The van der Waals surface area contributed by atoms with Crippen molar-refractivity contribution in [3.63, 3.8) is 0 Å². The molecular weight excluding hydrogens is 244 g/mol. The van der Waals surface area contributed by atoms with Crippen molar-refractivity contribution >= 4 is 21.7 Å². The molecular formula is C10H10N2O4S. The van der Waals surface area contributed by atoms with E-state index in [4.69, 9.17) is 4.55 Å². The SMILES string of the molecule is O=C1CC(Cc2ccc(S(=O)(=O)O)cc2)=NN1. The van der Waals surface area contributed by atoms with Gasteiger partial charge in [0, 0.05) is 6.42 Å². The molecule has 6 nitrogen and oxygen atoms in total. The molecule has 0 bridgehead atoms. The minimum Gasteiger partial charge on any atom is -0.282 e. The van der Waals surface area contributed by atoms with Crippen LogP contribution < -0.4 is 5.43 Å². The van der Waals surface area contributed by atoms with E-state index in [1.165, 1.54) is 12.1 Å². The molecule has 0 saturated carbocycles. The first-order valence-corrected chi connectivity index (χ1v) is 6.30. The fraction of sp³-hybridized carbons (Fsp3) is 0.200. The van der Waals surface area contributed by atoms with E-state index in [-0.39, 0.29) is 17.2 Å². The molecule has 7 heteroatoms. The van der Waals surface area contributed by atoms with E-state index in [2.05, 4.69) is 10.5 Å². The third kappa shape index (κ3) is 2.89. The summed E-state index contributed by atoms with van der Waals surface area (Å²) in [5.41, 5.74) is 3.87. The molecule has 0 saturated heterocycles. The van der Waals surface area contributed by atoms with Gasteiger partial charge in [0.2, 0.25) is 5.91 Å². The number of hydrogen-bond acceptors (Lipinski definition) is 4. The molecule has 0 spiro atoms. The largest absolute Gasteiger partial charge is 0.294 e. The van der Waals surface area contributed by atoms with Crippen LogP contribution in [-0.2, 0) is 21.3 Å². The Balaban J connectivity index is 2.12. The van der Waals surface area contributed by atoms with E-state index in [1.54, 1.807) is 12.1 Å². The van der Waals surface area contributed by atoms with Crippen LogP contribution in [0, 0.1) is 0 Å². The van der Waals surface area contributed by atoms with Crippen molar-refractivity contribution in [2.45, 2.75) is 17.7 Å². The lowest BCUT2D eigenvalue weighted by molar-refractivity contribution is -0.119. The van der Waals surface area contributed by atoms with Gasteiger partial charge in [0.15, 0.2) is 0 Å². The Labute approximate surface area is 98.1 Å². The molecule has 0 radical (unpaired) electrons. The highest BCUT2D eigenvalue weighted by molar-refractivity contribution is 7.85. The average molecular weight is 254 g/mol. The number of carbonyl (C=O) groups is 1. The Hall–Kier alpha value is -1.73. The first-order valence-electron chi connectivity index (χ1n) is 4.86. The van der Waals surface area contributed by atoms with Gasteiger partial charge in [-0.15, -0.1) is 0 Å². The Morgan fingerprint density at radius 3 is 2.41 bits per heavy atom. The lowest BCUT2D eigenvalue weighted by atomic mass is 10.1. The minimum atomic E-state index is -4.15. The molecule has 1 heterocycles. The second-order valence-corrected chi connectivity index (χ2v) is 5.11. The molecule has 0 aromatic heterocycles. The number of hydrazone groups is 1. The van der Waals surface area contributed by atoms with Gasteiger partial charge in [-0.3, -0.25) is 9.35 Å². The van der Waals surface area contributed by atoms with Crippen LogP contribution >= 0.6 is 0 Å². The summed E-state index contributed by atoms with van der Waals surface area (Å²) < 4.78 is 30.4. The van der Waals surface area contributed by atoms with Gasteiger partial charge in [-0.25, -0.2) is 5.43 Å². The van der Waals surface area contributed by atoms with Crippen LogP contribution in [0.5, 0.6) is 0 Å². The van der Waals surface area contributed by atoms with Crippen molar-refractivity contribution < 1.29 is 17.8 Å². The van der Waals surface area contributed by atoms with Gasteiger partial charge in [0.25, 0.3) is 10.1 Å². The highest BCUT2D eigenvalue weighted by Crippen LogP contribution is 2.12. The van der Waals surface area contributed by atoms with Crippen LogP contribution in [0.2, 0.25) is 0 Å². The number of amides is 1. The Bertz CT molecular complexity index is 575. The lowest BCUT2D eigenvalue weighted by Crippen LogP contribution is -2.09. The topological polar surface area (TPSA) is 95.8 Å². The van der Waals surface area contributed by atoms with Crippen LogP contribution in [0.1, 0.15) is 12.0 Å². The first kappa shape index (κ1) is 11.7. The maximum atomic E-state index is 10.9. The average Bonchev–Trinajstić information content (AvgIpc) is 2.63. The van der Waals surface area contributed by atoms with Crippen LogP contribution in [0.25, 0.3) is 0 Å². The van der Waals surface area contributed by atoms with Gasteiger partial charge in [-0.2, -0.15) is 13.5 Å². The van der Waals surface area contributed by atoms with Crippen molar-refractivity contribution in [1.29, 1.82) is 0 Å². The molecule has 1 amide bonds. The van der Waals surface area contributed by atoms with Crippen molar-refractivity contribution in [2.24, 2.45) is 5.10 Å². The van der Waals surface area contributed by atoms with Gasteiger partial charge < -0.3 is 0 Å². The maximum absolute atomic E-state index is 10.9. The summed E-state index contributed by atoms with van der Waals surface area (Å²) >= 11 is 0. The van der Waals surface area contributed by atoms with Gasteiger partial charge in [0.05, 0.1) is 17.0 Å². The number of nitrogens with zero attached hydrogens (tertiary/aromatic N) is 1. The van der Waals surface area contributed by atoms with Gasteiger partial charge in [-0.05, 0) is 17.7 Å². The van der Waals surface area contributed by atoms with Crippen LogP contribution in [0.3, 0.4) is 0 Å². The van der Waals surface area contributed by atoms with Crippen molar-refractivity contribution in [3.8, 4) is 0 Å². The molecule has 2 rings (SSSR count). The molecule has 1 aliphatic heterocycles. The molecule has 1 aromatic rings. The summed E-state index contributed by atoms with van der Waals surface area (Å²) in [4.78, 5) is 10.7. The molecule has 1 aromatic carbocycles. The molecule has 1 aliphatic rings. The standard InChI is InChI=1S/C10H10N2O4S/c13-10-6-8(11-12-10)5-7-1-3-9(4-2-7)17(14,15)16/h1-4H,5-6H2,(H,12,13)(H,14,15,16). The molecule has 17 heavy (non-hydrogen) atoms. The summed E-state index contributed by atoms with van der Waals surface area (Å²) in [6.07, 6.45) is 0.741. The molecule has 2 N–H and O–H groups in total. The van der Waals surface area contributed by atoms with E-state index in [1.807, 2.05) is 0 Å². The predicted molar refractivity (Wildman–Crippen MR) is 60.2 cm³/mol. The Kier molecular flexibility index (Phi) is 2.95. The van der Waals surface area contributed by atoms with E-state index in [0.717, 1.165) is 5.56 Å². The summed E-state index contributed by atoms with van der Waals surface area (Å²) in [6, 6.07) is 5.79. The zero-order valence-corrected chi connectivity index (χ0v) is 9.57. The second kappa shape index (κ2) is 4.27. The Morgan fingerprint density at radius 2 is 1.94 bits per heavy atom. The smallest absolute Gasteiger partial charge is 0.282 e. The van der Waals surface area contributed by atoms with Crippen molar-refractivity contribution in [2.75, 3.05) is 0 Å². The summed E-state index contributed by atoms with van der Waals surface area (Å²) in [5, 5.41) is 3.83. The second-order valence-electron chi connectivity index (χ2n) is 3.69. The number of benzene rings is 1. The number of carbonyl (C=O) groups excluding carboxylic acids is 1. The number of nitrogens with one attached hydrogen (secondary N) is 1. The summed E-state index contributed by atoms with van der Waals surface area (Å²) in [7, 11) is -4.15. The highest BCUT2D eigenvalue weighted by Gasteiger charge is 2.15. The quantitative estimate of drug-likeness (QED) is 0.761. The molecule has 0 unspecified atom stereocenters. The van der Waals surface area contributed by atoms with Gasteiger partial charge in [0.1, 0.15) is 0 Å². The van der Waals surface area contributed by atoms with Crippen molar-refractivity contribution in [1.82, 2.24) is 5.43 Å². The fourth-order valence-electron chi connectivity index (χ4n) is 1.52. The van der Waals surface area contributed by atoms with Crippen LogP contribution in [0.4, 0.5) is 0 Å². The Morgan fingerprint density at radius 1 is 1.29 bits per heavy atom. The zero-order chi connectivity index (χ0) is 12.5. The van der Waals surface area contributed by atoms with E-state index < -0.39 is 10.1 Å². The van der Waals surface area contributed by atoms with Crippen LogP contribution in [-0.4, -0.2) is 24.6 Å². The number of hydrogen-bond donors (Lipinski definition) is 2. The highest BCUT2D eigenvalue weighted by atomic mass is 32.2. The first-order chi connectivity index (χ1) is 7.95. The summed E-state index contributed by atoms with van der Waals surface area (Å²) in [5.74, 6) is -0.144. The molecule has 0 fully saturated rings. The third-order valence-corrected chi connectivity index (χ3v) is 3.20. The minimum absolute atomic E-state index is 0.144. The third-order valence-electron chi connectivity index (χ3n) is 2.33. The van der Waals surface area contributed by atoms with E-state index in [0.29, 0.717) is 12.1 Å². The maximum Gasteiger partial charge on any atom is 0.294 e. The molecule has 0 aliphatic carbocycles. The van der Waals surface area contributed by atoms with Gasteiger partial charge in [-0.1, -0.05) is 12.1 Å². The van der Waals surface area contributed by atoms with E-state index >= 15 is 0 Å². The van der Waals surface area contributed by atoms with Gasteiger partial charge >= 0.3 is 0 Å². The van der Waals surface area contributed by atoms with Crippen molar-refractivity contribution in [3.05, 3.63) is 29.8 Å². The zero-order valence-electron chi connectivity index (χ0n) is 8.75. The molecule has 90 valence electrons. The molecule has 0 atom stereocenters.